The number of rotatable bonds is 4. The maximum Gasteiger partial charge on any atom is 0.333 e. The maximum absolute atomic E-state index is 13.8. The topological polar surface area (TPSA) is 57.0 Å². The number of hydrogen-bond donors (Lipinski definition) is 0. The second-order valence-electron chi connectivity index (χ2n) is 4.88. The summed E-state index contributed by atoms with van der Waals surface area (Å²) in [5, 5.41) is 4.28. The summed E-state index contributed by atoms with van der Waals surface area (Å²) in [6, 6.07) is 2.82. The molecule has 0 aliphatic rings. The summed E-state index contributed by atoms with van der Waals surface area (Å²) in [5.74, 6) is -0.884. The highest BCUT2D eigenvalue weighted by atomic mass is 79.9. The minimum atomic E-state index is -0.998. The molecule has 2 heterocycles. The molecule has 0 amide bonds. The van der Waals surface area contributed by atoms with Crippen molar-refractivity contribution in [3.05, 3.63) is 34.8 Å². The third-order valence-corrected chi connectivity index (χ3v) is 3.58. The second-order valence-corrected chi connectivity index (χ2v) is 5.74. The van der Waals surface area contributed by atoms with Gasteiger partial charge in [0.1, 0.15) is 11.4 Å². The highest BCUT2D eigenvalue weighted by molar-refractivity contribution is 9.10. The molecular formula is C14H15BrFN3O2. The molecule has 2 rings (SSSR count). The minimum Gasteiger partial charge on any atom is -0.464 e. The summed E-state index contributed by atoms with van der Waals surface area (Å²) < 4.78 is 20.8. The standard InChI is InChI=1S/C14H15BrFN3O2/c1-4-21-13(20)14(2,3)19-8-9(15)11(18-19)12-10(16)6-5-7-17-12/h5-8H,4H2,1-3H3. The molecule has 0 saturated carbocycles. The van der Waals surface area contributed by atoms with E-state index < -0.39 is 17.3 Å². The number of ether oxygens (including phenoxy) is 1. The van der Waals surface area contributed by atoms with Crippen LogP contribution in [0.1, 0.15) is 20.8 Å². The van der Waals surface area contributed by atoms with Crippen LogP contribution in [0.25, 0.3) is 11.4 Å². The third kappa shape index (κ3) is 2.97. The molecule has 0 saturated heterocycles. The molecule has 2 aromatic heterocycles. The summed E-state index contributed by atoms with van der Waals surface area (Å²) in [5.41, 5.74) is -0.532. The smallest absolute Gasteiger partial charge is 0.333 e. The van der Waals surface area contributed by atoms with Gasteiger partial charge >= 0.3 is 5.97 Å². The van der Waals surface area contributed by atoms with E-state index in [0.717, 1.165) is 0 Å². The van der Waals surface area contributed by atoms with Crippen LogP contribution in [-0.4, -0.2) is 27.3 Å². The van der Waals surface area contributed by atoms with E-state index in [0.29, 0.717) is 10.2 Å². The van der Waals surface area contributed by atoms with Gasteiger partial charge in [-0.05, 0) is 48.8 Å². The Kier molecular flexibility index (Phi) is 4.41. The van der Waals surface area contributed by atoms with Gasteiger partial charge in [0.25, 0.3) is 0 Å². The monoisotopic (exact) mass is 355 g/mol. The number of carbonyl (C=O) groups excluding carboxylic acids is 1. The lowest BCUT2D eigenvalue weighted by Gasteiger charge is -2.22. The van der Waals surface area contributed by atoms with Crippen molar-refractivity contribution in [2.75, 3.05) is 6.61 Å². The third-order valence-electron chi connectivity index (χ3n) is 3.00. The molecule has 0 radical (unpaired) electrons. The van der Waals surface area contributed by atoms with Crippen LogP contribution in [0.2, 0.25) is 0 Å². The van der Waals surface area contributed by atoms with E-state index in [1.54, 1.807) is 27.0 Å². The number of aromatic nitrogens is 3. The van der Waals surface area contributed by atoms with Gasteiger partial charge in [0, 0.05) is 12.4 Å². The van der Waals surface area contributed by atoms with Crippen molar-refractivity contribution in [1.29, 1.82) is 0 Å². The fourth-order valence-corrected chi connectivity index (χ4v) is 2.22. The SMILES string of the molecule is CCOC(=O)C(C)(C)n1cc(Br)c(-c2ncccc2F)n1. The van der Waals surface area contributed by atoms with Crippen molar-refractivity contribution in [2.45, 2.75) is 26.3 Å². The Bertz CT molecular complexity index is 670. The predicted octanol–water partition coefficient (Wildman–Crippen LogP) is 3.14. The molecule has 7 heteroatoms. The van der Waals surface area contributed by atoms with Crippen molar-refractivity contribution < 1.29 is 13.9 Å². The molecule has 0 unspecified atom stereocenters. The zero-order chi connectivity index (χ0) is 15.6. The van der Waals surface area contributed by atoms with Gasteiger partial charge < -0.3 is 4.74 Å². The number of hydrogen-bond acceptors (Lipinski definition) is 4. The summed E-state index contributed by atoms with van der Waals surface area (Å²) >= 11 is 3.33. The molecule has 0 atom stereocenters. The van der Waals surface area contributed by atoms with Gasteiger partial charge in [0.15, 0.2) is 11.4 Å². The first-order valence-corrected chi connectivity index (χ1v) is 7.21. The zero-order valence-corrected chi connectivity index (χ0v) is 13.5. The lowest BCUT2D eigenvalue weighted by molar-refractivity contribution is -0.152. The molecule has 2 aromatic rings. The Balaban J connectivity index is 2.45. The van der Waals surface area contributed by atoms with Crippen LogP contribution in [0.5, 0.6) is 0 Å². The normalized spacial score (nSPS) is 11.5. The van der Waals surface area contributed by atoms with Crippen LogP contribution in [0, 0.1) is 5.82 Å². The van der Waals surface area contributed by atoms with Crippen molar-refractivity contribution in [2.24, 2.45) is 0 Å². The molecule has 0 spiro atoms. The Hall–Kier alpha value is -1.76. The van der Waals surface area contributed by atoms with Crippen molar-refractivity contribution >= 4 is 21.9 Å². The molecule has 0 aliphatic heterocycles. The summed E-state index contributed by atoms with van der Waals surface area (Å²) in [4.78, 5) is 16.0. The highest BCUT2D eigenvalue weighted by Crippen LogP contribution is 2.29. The molecule has 5 nitrogen and oxygen atoms in total. The van der Waals surface area contributed by atoms with E-state index in [1.165, 1.54) is 23.0 Å². The number of nitrogens with zero attached hydrogens (tertiary/aromatic N) is 3. The zero-order valence-electron chi connectivity index (χ0n) is 11.9. The van der Waals surface area contributed by atoms with Crippen molar-refractivity contribution in [1.82, 2.24) is 14.8 Å². The van der Waals surface area contributed by atoms with Gasteiger partial charge in [0.05, 0.1) is 11.1 Å². The maximum atomic E-state index is 13.8. The number of carbonyl (C=O) groups is 1. The van der Waals surface area contributed by atoms with Crippen LogP contribution in [0.4, 0.5) is 4.39 Å². The summed E-state index contributed by atoms with van der Waals surface area (Å²) in [7, 11) is 0. The predicted molar refractivity (Wildman–Crippen MR) is 79.1 cm³/mol. The van der Waals surface area contributed by atoms with Gasteiger partial charge in [-0.3, -0.25) is 9.67 Å². The van der Waals surface area contributed by atoms with Gasteiger partial charge in [0.2, 0.25) is 0 Å². The average molecular weight is 356 g/mol. The van der Waals surface area contributed by atoms with E-state index in [9.17, 15) is 9.18 Å². The van der Waals surface area contributed by atoms with E-state index in [4.69, 9.17) is 4.74 Å². The summed E-state index contributed by atoms with van der Waals surface area (Å²) in [6.45, 7) is 5.39. The van der Waals surface area contributed by atoms with E-state index in [2.05, 4.69) is 26.0 Å². The number of pyridine rings is 1. The Morgan fingerprint density at radius 2 is 2.19 bits per heavy atom. The molecule has 0 bridgehead atoms. The fourth-order valence-electron chi connectivity index (χ4n) is 1.76. The van der Waals surface area contributed by atoms with Gasteiger partial charge in [-0.1, -0.05) is 0 Å². The molecule has 112 valence electrons. The van der Waals surface area contributed by atoms with E-state index >= 15 is 0 Å². The second kappa shape index (κ2) is 5.93. The lowest BCUT2D eigenvalue weighted by Crippen LogP contribution is -2.37. The molecule has 0 aromatic carbocycles. The van der Waals surface area contributed by atoms with Crippen LogP contribution >= 0.6 is 15.9 Å². The Morgan fingerprint density at radius 3 is 2.81 bits per heavy atom. The van der Waals surface area contributed by atoms with Crippen LogP contribution in [0.15, 0.2) is 29.0 Å². The largest absolute Gasteiger partial charge is 0.464 e. The average Bonchev–Trinajstić information content (AvgIpc) is 2.82. The van der Waals surface area contributed by atoms with Gasteiger partial charge in [-0.15, -0.1) is 0 Å². The van der Waals surface area contributed by atoms with Gasteiger partial charge in [-0.2, -0.15) is 5.10 Å². The molecule has 0 N–H and O–H groups in total. The highest BCUT2D eigenvalue weighted by Gasteiger charge is 2.33. The lowest BCUT2D eigenvalue weighted by atomic mass is 10.1. The first-order chi connectivity index (χ1) is 9.87. The minimum absolute atomic E-state index is 0.128. The fraction of sp³-hybridized carbons (Fsp3) is 0.357. The van der Waals surface area contributed by atoms with Crippen molar-refractivity contribution in [3.8, 4) is 11.4 Å². The van der Waals surface area contributed by atoms with Gasteiger partial charge in [-0.25, -0.2) is 9.18 Å². The first kappa shape index (κ1) is 15.6. The molecule has 21 heavy (non-hydrogen) atoms. The van der Waals surface area contributed by atoms with E-state index in [1.807, 2.05) is 0 Å². The quantitative estimate of drug-likeness (QED) is 0.790. The first-order valence-electron chi connectivity index (χ1n) is 6.41. The Labute approximate surface area is 130 Å². The molecule has 0 fully saturated rings. The summed E-state index contributed by atoms with van der Waals surface area (Å²) in [6.07, 6.45) is 3.10. The molecular weight excluding hydrogens is 341 g/mol. The van der Waals surface area contributed by atoms with E-state index in [-0.39, 0.29) is 12.3 Å². The van der Waals surface area contributed by atoms with Crippen LogP contribution in [0.3, 0.4) is 0 Å². The van der Waals surface area contributed by atoms with Crippen molar-refractivity contribution in [3.63, 3.8) is 0 Å². The number of halogens is 2. The van der Waals surface area contributed by atoms with Crippen LogP contribution < -0.4 is 0 Å². The number of esters is 1. The van der Waals surface area contributed by atoms with Crippen LogP contribution in [-0.2, 0) is 15.1 Å². The Morgan fingerprint density at radius 1 is 1.48 bits per heavy atom. The molecule has 0 aliphatic carbocycles.